The molecule has 1 aromatic heterocycles. The molecule has 2 heterocycles. The number of benzene rings is 3. The van der Waals surface area contributed by atoms with Gasteiger partial charge in [0.15, 0.2) is 17.3 Å². The van der Waals surface area contributed by atoms with Crippen molar-refractivity contribution in [1.82, 2.24) is 9.97 Å². The fraction of sp³-hybridized carbons (Fsp3) is 0.214. The number of fused-ring (bicyclic) bond motifs is 1. The monoisotopic (exact) mass is 564 g/mol. The summed E-state index contributed by atoms with van der Waals surface area (Å²) in [5, 5.41) is 18.6. The first-order valence-corrected chi connectivity index (χ1v) is 12.5. The Labute approximate surface area is 233 Å². The summed E-state index contributed by atoms with van der Waals surface area (Å²) >= 11 is 0. The number of nitrogens with one attached hydrogen (secondary N) is 2. The normalized spacial score (nSPS) is 14.0. The van der Waals surface area contributed by atoms with E-state index in [9.17, 15) is 18.9 Å². The van der Waals surface area contributed by atoms with E-state index in [1.54, 1.807) is 24.3 Å². The molecule has 4 N–H and O–H groups in total. The van der Waals surface area contributed by atoms with Crippen molar-refractivity contribution in [3.8, 4) is 28.5 Å². The van der Waals surface area contributed by atoms with E-state index in [2.05, 4.69) is 20.6 Å². The largest absolute Gasteiger partial charge is 0.497 e. The Hall–Kier alpha value is -5.20. The number of ether oxygens (including phenoxy) is 3. The fourth-order valence-electron chi connectivity index (χ4n) is 4.69. The highest BCUT2D eigenvalue weighted by molar-refractivity contribution is 5.85. The van der Waals surface area contributed by atoms with Gasteiger partial charge in [0.2, 0.25) is 11.8 Å². The topological polar surface area (TPSA) is 147 Å². The number of rotatable bonds is 9. The number of nitrogens with two attached hydrogens (primary N) is 1. The van der Waals surface area contributed by atoms with Crippen molar-refractivity contribution in [2.75, 3.05) is 37.2 Å². The van der Waals surface area contributed by atoms with E-state index in [0.717, 1.165) is 5.56 Å². The molecule has 41 heavy (non-hydrogen) atoms. The maximum atomic E-state index is 14.4. The Morgan fingerprint density at radius 3 is 2.71 bits per heavy atom. The predicted molar refractivity (Wildman–Crippen MR) is 148 cm³/mol. The van der Waals surface area contributed by atoms with E-state index in [1.807, 2.05) is 0 Å². The van der Waals surface area contributed by atoms with Gasteiger partial charge in [-0.2, -0.15) is 4.98 Å². The highest BCUT2D eigenvalue weighted by Gasteiger charge is 2.31. The summed E-state index contributed by atoms with van der Waals surface area (Å²) in [6.45, 7) is 0.376. The molecule has 212 valence electrons. The number of hydrogen-bond acceptors (Lipinski definition) is 10. The summed E-state index contributed by atoms with van der Waals surface area (Å²) in [6.07, 6.45) is 0.389. The van der Waals surface area contributed by atoms with Gasteiger partial charge in [0.25, 0.3) is 0 Å². The van der Waals surface area contributed by atoms with Gasteiger partial charge in [0.05, 0.1) is 31.8 Å². The molecule has 0 aliphatic carbocycles. The summed E-state index contributed by atoms with van der Waals surface area (Å²) in [6, 6.07) is 12.9. The third-order valence-electron chi connectivity index (χ3n) is 6.62. The highest BCUT2D eigenvalue weighted by Crippen LogP contribution is 2.42. The Morgan fingerprint density at radius 2 is 1.95 bits per heavy atom. The van der Waals surface area contributed by atoms with Crippen molar-refractivity contribution in [2.24, 2.45) is 0 Å². The van der Waals surface area contributed by atoms with Crippen LogP contribution in [0.4, 0.5) is 31.9 Å². The van der Waals surface area contributed by atoms with Crippen molar-refractivity contribution in [2.45, 2.75) is 19.0 Å². The molecule has 1 aliphatic rings. The van der Waals surface area contributed by atoms with Gasteiger partial charge in [-0.05, 0) is 36.4 Å². The minimum absolute atomic E-state index is 0.0696. The van der Waals surface area contributed by atoms with Crippen molar-refractivity contribution < 1.29 is 27.9 Å². The minimum atomic E-state index is -0.636. The number of anilines is 3. The minimum Gasteiger partial charge on any atom is -0.497 e. The molecule has 0 radical (unpaired) electrons. The van der Waals surface area contributed by atoms with Crippen LogP contribution in [0.25, 0.3) is 11.3 Å². The van der Waals surface area contributed by atoms with Gasteiger partial charge < -0.3 is 30.6 Å². The molecule has 0 saturated heterocycles. The molecule has 0 fully saturated rings. The van der Waals surface area contributed by atoms with Crippen LogP contribution >= 0.6 is 0 Å². The third-order valence-corrected chi connectivity index (χ3v) is 6.62. The summed E-state index contributed by atoms with van der Waals surface area (Å²) in [4.78, 5) is 20.1. The molecule has 1 unspecified atom stereocenters. The second-order valence-corrected chi connectivity index (χ2v) is 9.10. The Morgan fingerprint density at radius 1 is 1.12 bits per heavy atom. The van der Waals surface area contributed by atoms with Crippen molar-refractivity contribution >= 4 is 23.1 Å². The van der Waals surface area contributed by atoms with Crippen LogP contribution in [0.3, 0.4) is 0 Å². The summed E-state index contributed by atoms with van der Waals surface area (Å²) in [5.74, 6) is -0.312. The van der Waals surface area contributed by atoms with Crippen LogP contribution in [-0.2, 0) is 6.54 Å². The van der Waals surface area contributed by atoms with Crippen LogP contribution in [-0.4, -0.2) is 35.7 Å². The van der Waals surface area contributed by atoms with E-state index in [4.69, 9.17) is 19.9 Å². The molecular weight excluding hydrogens is 538 g/mol. The van der Waals surface area contributed by atoms with E-state index in [-0.39, 0.29) is 47.6 Å². The molecule has 0 bridgehead atoms. The van der Waals surface area contributed by atoms with Gasteiger partial charge in [-0.3, -0.25) is 10.1 Å². The summed E-state index contributed by atoms with van der Waals surface area (Å²) < 4.78 is 44.9. The highest BCUT2D eigenvalue weighted by atomic mass is 19.1. The summed E-state index contributed by atoms with van der Waals surface area (Å²) in [5.41, 5.74) is 7.08. The lowest BCUT2D eigenvalue weighted by molar-refractivity contribution is -0.383. The third kappa shape index (κ3) is 5.60. The molecule has 0 amide bonds. The first-order chi connectivity index (χ1) is 19.8. The molecule has 13 heteroatoms. The standard InChI is InChI=1S/C28H26F2N6O5/c1-39-17-8-6-15(23(13-17)40-2)14-32-22-12-16(29)7-9-18(22)24-25(36(37)38)27(35-28(31)34-24)33-21-10-11-41-26-19(21)4-3-5-20(26)30/h3-9,12-13,21,32H,10-11,14H2,1-2H3,(H3,31,33,34,35). The van der Waals surface area contributed by atoms with Crippen LogP contribution in [0.1, 0.15) is 23.6 Å². The zero-order valence-electron chi connectivity index (χ0n) is 22.1. The van der Waals surface area contributed by atoms with Gasteiger partial charge in [-0.15, -0.1) is 0 Å². The molecular formula is C28H26F2N6O5. The number of methoxy groups -OCH3 is 2. The zero-order valence-corrected chi connectivity index (χ0v) is 22.1. The van der Waals surface area contributed by atoms with Crippen molar-refractivity contribution in [3.63, 3.8) is 0 Å². The Bertz CT molecular complexity index is 1620. The van der Waals surface area contributed by atoms with Crippen molar-refractivity contribution in [3.05, 3.63) is 87.5 Å². The van der Waals surface area contributed by atoms with Crippen LogP contribution in [0.15, 0.2) is 54.6 Å². The predicted octanol–water partition coefficient (Wildman–Crippen LogP) is 5.48. The first kappa shape index (κ1) is 27.4. The van der Waals surface area contributed by atoms with Gasteiger partial charge in [-0.1, -0.05) is 12.1 Å². The molecule has 11 nitrogen and oxygen atoms in total. The van der Waals surface area contributed by atoms with Crippen LogP contribution in [0, 0.1) is 21.7 Å². The average Bonchev–Trinajstić information content (AvgIpc) is 2.96. The number of nitrogen functional groups attached to an aromatic ring is 1. The lowest BCUT2D eigenvalue weighted by Crippen LogP contribution is -2.22. The number of aromatic nitrogens is 2. The second kappa shape index (κ2) is 11.5. The number of para-hydroxylation sites is 1. The van der Waals surface area contributed by atoms with Gasteiger partial charge in [0, 0.05) is 41.4 Å². The molecule has 0 spiro atoms. The lowest BCUT2D eigenvalue weighted by Gasteiger charge is -2.27. The molecule has 0 saturated carbocycles. The molecule has 3 aromatic carbocycles. The molecule has 4 aromatic rings. The van der Waals surface area contributed by atoms with Crippen LogP contribution < -0.4 is 30.6 Å². The Balaban J connectivity index is 1.54. The first-order valence-electron chi connectivity index (χ1n) is 12.5. The maximum Gasteiger partial charge on any atom is 0.337 e. The smallest absolute Gasteiger partial charge is 0.337 e. The maximum absolute atomic E-state index is 14.4. The zero-order chi connectivity index (χ0) is 29.1. The molecule has 1 aliphatic heterocycles. The number of hydrogen-bond donors (Lipinski definition) is 3. The van der Waals surface area contributed by atoms with E-state index in [1.165, 1.54) is 44.6 Å². The number of halogens is 2. The van der Waals surface area contributed by atoms with E-state index >= 15 is 0 Å². The number of nitro groups is 1. The summed E-state index contributed by atoms with van der Waals surface area (Å²) in [7, 11) is 3.05. The van der Waals surface area contributed by atoms with Crippen molar-refractivity contribution in [1.29, 1.82) is 0 Å². The van der Waals surface area contributed by atoms with Gasteiger partial charge >= 0.3 is 5.69 Å². The SMILES string of the molecule is COc1ccc(CNc2cc(F)ccc2-c2nc(N)nc(NC3CCOc4c(F)cccc43)c2[N+](=O)[O-])c(OC)c1. The second-order valence-electron chi connectivity index (χ2n) is 9.10. The van der Waals surface area contributed by atoms with E-state index in [0.29, 0.717) is 23.5 Å². The lowest BCUT2D eigenvalue weighted by atomic mass is 10.00. The fourth-order valence-corrected chi connectivity index (χ4v) is 4.69. The van der Waals surface area contributed by atoms with Crippen LogP contribution in [0.2, 0.25) is 0 Å². The van der Waals surface area contributed by atoms with E-state index < -0.39 is 28.3 Å². The average molecular weight is 565 g/mol. The van der Waals surface area contributed by atoms with Crippen LogP contribution in [0.5, 0.6) is 17.2 Å². The van der Waals surface area contributed by atoms with Gasteiger partial charge in [-0.25, -0.2) is 13.8 Å². The quantitative estimate of drug-likeness (QED) is 0.176. The molecule has 5 rings (SSSR count). The van der Waals surface area contributed by atoms with Gasteiger partial charge in [0.1, 0.15) is 17.3 Å². The number of nitrogens with zero attached hydrogens (tertiary/aromatic N) is 3. The molecule has 1 atom stereocenters. The Kier molecular flexibility index (Phi) is 7.68.